The molecule has 0 spiro atoms. The molecule has 0 saturated heterocycles. The van der Waals surface area contributed by atoms with E-state index in [-0.39, 0.29) is 6.04 Å². The third-order valence-corrected chi connectivity index (χ3v) is 6.56. The molecule has 4 aromatic rings. The number of H-pyrrole nitrogens is 1. The van der Waals surface area contributed by atoms with Crippen LogP contribution in [-0.4, -0.2) is 56.5 Å². The van der Waals surface area contributed by atoms with Crippen LogP contribution < -0.4 is 20.1 Å². The van der Waals surface area contributed by atoms with Gasteiger partial charge in [0, 0.05) is 44.5 Å². The first-order valence-corrected chi connectivity index (χ1v) is 12.0. The molecule has 0 amide bonds. The highest BCUT2D eigenvalue weighted by Gasteiger charge is 2.25. The number of hydrogen-bond acceptors (Lipinski definition) is 8. The summed E-state index contributed by atoms with van der Waals surface area (Å²) in [6.07, 6.45) is 8.18. The molecule has 5 rings (SSSR count). The van der Waals surface area contributed by atoms with Crippen molar-refractivity contribution in [2.75, 3.05) is 31.4 Å². The smallest absolute Gasteiger partial charge is 0.225 e. The van der Waals surface area contributed by atoms with Gasteiger partial charge in [0.1, 0.15) is 28.4 Å². The van der Waals surface area contributed by atoms with Crippen molar-refractivity contribution in [1.82, 2.24) is 29.7 Å². The number of methoxy groups -OCH3 is 2. The zero-order valence-electron chi connectivity index (χ0n) is 20.7. The standard InChI is InChI=1S/C25H32N8O2/c1-15-22-23(33(2)32-15)24(31-25(30-22)28-9-5-6-21-26-10-11-27-21)29-17-7-8-19-16(12-17)13-18(34-3)14-20(19)35-4/h10-11,13-14,17H,5-9,12H2,1-4H3,(H,26,27)(H2,28,29,30,31). The van der Waals surface area contributed by atoms with Crippen molar-refractivity contribution in [3.8, 4) is 11.5 Å². The van der Waals surface area contributed by atoms with Crippen LogP contribution in [-0.2, 0) is 26.3 Å². The number of nitrogens with zero attached hydrogens (tertiary/aromatic N) is 5. The molecule has 3 heterocycles. The van der Waals surface area contributed by atoms with Crippen molar-refractivity contribution in [1.29, 1.82) is 0 Å². The van der Waals surface area contributed by atoms with E-state index < -0.39 is 0 Å². The van der Waals surface area contributed by atoms with Crippen LogP contribution in [0, 0.1) is 6.92 Å². The Morgan fingerprint density at radius 1 is 1.20 bits per heavy atom. The van der Waals surface area contributed by atoms with Gasteiger partial charge in [-0.3, -0.25) is 4.68 Å². The van der Waals surface area contributed by atoms with Gasteiger partial charge in [-0.15, -0.1) is 0 Å². The molecule has 0 saturated carbocycles. The summed E-state index contributed by atoms with van der Waals surface area (Å²) >= 11 is 0. The highest BCUT2D eigenvalue weighted by molar-refractivity contribution is 5.88. The van der Waals surface area contributed by atoms with Crippen LogP contribution in [0.15, 0.2) is 24.5 Å². The van der Waals surface area contributed by atoms with Gasteiger partial charge in [0.25, 0.3) is 0 Å². The van der Waals surface area contributed by atoms with Gasteiger partial charge in [-0.05, 0) is 49.8 Å². The average molecular weight is 477 g/mol. The number of benzene rings is 1. The maximum Gasteiger partial charge on any atom is 0.225 e. The third kappa shape index (κ3) is 4.73. The van der Waals surface area contributed by atoms with Crippen molar-refractivity contribution in [3.05, 3.63) is 47.2 Å². The first-order valence-electron chi connectivity index (χ1n) is 12.0. The molecular formula is C25H32N8O2. The third-order valence-electron chi connectivity index (χ3n) is 6.56. The lowest BCUT2D eigenvalue weighted by Gasteiger charge is -2.28. The van der Waals surface area contributed by atoms with E-state index in [0.717, 1.165) is 78.5 Å². The summed E-state index contributed by atoms with van der Waals surface area (Å²) in [4.78, 5) is 17.0. The van der Waals surface area contributed by atoms with Crippen molar-refractivity contribution in [2.24, 2.45) is 7.05 Å². The SMILES string of the molecule is COc1cc2c(c(OC)c1)CCC(Nc1nc(NCCCc3ncc[nH]3)nc3c(C)nn(C)c13)C2. The van der Waals surface area contributed by atoms with E-state index in [1.54, 1.807) is 20.4 Å². The maximum atomic E-state index is 5.62. The molecule has 1 unspecified atom stereocenters. The fourth-order valence-electron chi connectivity index (χ4n) is 4.85. The highest BCUT2D eigenvalue weighted by atomic mass is 16.5. The Kier molecular flexibility index (Phi) is 6.43. The number of nitrogens with one attached hydrogen (secondary N) is 3. The predicted molar refractivity (Wildman–Crippen MR) is 135 cm³/mol. The summed E-state index contributed by atoms with van der Waals surface area (Å²) in [5.41, 5.74) is 5.16. The van der Waals surface area contributed by atoms with E-state index in [9.17, 15) is 0 Å². The number of ether oxygens (including phenoxy) is 2. The van der Waals surface area contributed by atoms with Crippen LogP contribution >= 0.6 is 0 Å². The van der Waals surface area contributed by atoms with Crippen molar-refractivity contribution in [3.63, 3.8) is 0 Å². The topological polar surface area (TPSA) is 115 Å². The Morgan fingerprint density at radius 3 is 2.86 bits per heavy atom. The van der Waals surface area contributed by atoms with Gasteiger partial charge >= 0.3 is 0 Å². The number of fused-ring (bicyclic) bond motifs is 2. The van der Waals surface area contributed by atoms with E-state index in [4.69, 9.17) is 19.4 Å². The Bertz CT molecular complexity index is 1320. The zero-order valence-corrected chi connectivity index (χ0v) is 20.7. The van der Waals surface area contributed by atoms with Crippen molar-refractivity contribution < 1.29 is 9.47 Å². The second kappa shape index (κ2) is 9.81. The lowest BCUT2D eigenvalue weighted by Crippen LogP contribution is -2.28. The van der Waals surface area contributed by atoms with Gasteiger partial charge in [0.15, 0.2) is 5.82 Å². The number of aryl methyl sites for hydroxylation is 3. The lowest BCUT2D eigenvalue weighted by atomic mass is 9.87. The van der Waals surface area contributed by atoms with Crippen LogP contribution in [0.3, 0.4) is 0 Å². The summed E-state index contributed by atoms with van der Waals surface area (Å²) in [6.45, 7) is 2.73. The Balaban J connectivity index is 1.36. The zero-order chi connectivity index (χ0) is 24.4. The number of imidazole rings is 1. The fraction of sp³-hybridized carbons (Fsp3) is 0.440. The van der Waals surface area contributed by atoms with E-state index in [0.29, 0.717) is 5.95 Å². The summed E-state index contributed by atoms with van der Waals surface area (Å²) in [7, 11) is 5.34. The summed E-state index contributed by atoms with van der Waals surface area (Å²) < 4.78 is 13.0. The first-order chi connectivity index (χ1) is 17.1. The number of aromatic amines is 1. The molecule has 0 bridgehead atoms. The van der Waals surface area contributed by atoms with E-state index >= 15 is 0 Å². The minimum absolute atomic E-state index is 0.222. The van der Waals surface area contributed by atoms with E-state index in [1.165, 1.54) is 11.1 Å². The number of aromatic nitrogens is 6. The largest absolute Gasteiger partial charge is 0.497 e. The fourth-order valence-corrected chi connectivity index (χ4v) is 4.85. The molecule has 3 N–H and O–H groups in total. The van der Waals surface area contributed by atoms with Crippen LogP contribution in [0.2, 0.25) is 0 Å². The van der Waals surface area contributed by atoms with Gasteiger partial charge in [0.05, 0.1) is 19.9 Å². The van der Waals surface area contributed by atoms with E-state index in [1.807, 2.05) is 30.9 Å². The molecule has 1 aliphatic rings. The second-order valence-corrected chi connectivity index (χ2v) is 8.92. The molecule has 3 aromatic heterocycles. The van der Waals surface area contributed by atoms with Gasteiger partial charge in [-0.2, -0.15) is 10.1 Å². The first kappa shape index (κ1) is 22.9. The van der Waals surface area contributed by atoms with Gasteiger partial charge in [-0.25, -0.2) is 9.97 Å². The van der Waals surface area contributed by atoms with Crippen molar-refractivity contribution in [2.45, 2.75) is 45.1 Å². The quantitative estimate of drug-likeness (QED) is 0.315. The minimum atomic E-state index is 0.222. The maximum absolute atomic E-state index is 5.62. The molecule has 10 heteroatoms. The lowest BCUT2D eigenvalue weighted by molar-refractivity contribution is 0.386. The highest BCUT2D eigenvalue weighted by Crippen LogP contribution is 2.35. The second-order valence-electron chi connectivity index (χ2n) is 8.92. The molecule has 1 atom stereocenters. The van der Waals surface area contributed by atoms with Crippen LogP contribution in [0.25, 0.3) is 11.0 Å². The molecule has 184 valence electrons. The molecule has 0 radical (unpaired) electrons. The number of rotatable bonds is 9. The minimum Gasteiger partial charge on any atom is -0.497 e. The van der Waals surface area contributed by atoms with Gasteiger partial charge < -0.3 is 25.1 Å². The number of anilines is 2. The molecule has 0 fully saturated rings. The van der Waals surface area contributed by atoms with Gasteiger partial charge in [-0.1, -0.05) is 0 Å². The Labute approximate surface area is 204 Å². The van der Waals surface area contributed by atoms with Crippen LogP contribution in [0.1, 0.15) is 35.5 Å². The summed E-state index contributed by atoms with van der Waals surface area (Å²) in [6, 6.07) is 4.30. The Hall–Kier alpha value is -3.82. The summed E-state index contributed by atoms with van der Waals surface area (Å²) in [5, 5.41) is 11.7. The summed E-state index contributed by atoms with van der Waals surface area (Å²) in [5.74, 6) is 4.10. The molecule has 1 aromatic carbocycles. The molecule has 0 aliphatic heterocycles. The average Bonchev–Trinajstić information content (AvgIpc) is 3.48. The Morgan fingerprint density at radius 2 is 2.09 bits per heavy atom. The normalized spacial score (nSPS) is 15.1. The molecular weight excluding hydrogens is 444 g/mol. The van der Waals surface area contributed by atoms with E-state index in [2.05, 4.69) is 31.8 Å². The number of hydrogen-bond donors (Lipinski definition) is 3. The molecule has 1 aliphatic carbocycles. The van der Waals surface area contributed by atoms with Crippen LogP contribution in [0.4, 0.5) is 11.8 Å². The van der Waals surface area contributed by atoms with Gasteiger partial charge in [0.2, 0.25) is 5.95 Å². The molecule has 35 heavy (non-hydrogen) atoms. The van der Waals surface area contributed by atoms with Crippen molar-refractivity contribution >= 4 is 22.8 Å². The molecule has 10 nitrogen and oxygen atoms in total. The predicted octanol–water partition coefficient (Wildman–Crippen LogP) is 3.43. The van der Waals surface area contributed by atoms with Crippen LogP contribution in [0.5, 0.6) is 11.5 Å². The monoisotopic (exact) mass is 476 g/mol.